The third-order valence-corrected chi connectivity index (χ3v) is 4.04. The highest BCUT2D eigenvalue weighted by Gasteiger charge is 2.06. The zero-order valence-corrected chi connectivity index (χ0v) is 12.3. The zero-order valence-electron chi connectivity index (χ0n) is 11.5. The molecule has 21 heavy (non-hydrogen) atoms. The number of anilines is 1. The number of thioether (sulfide) groups is 1. The van der Waals surface area contributed by atoms with Crippen molar-refractivity contribution in [1.82, 2.24) is 0 Å². The molecule has 0 heterocycles. The molecule has 0 fully saturated rings. The lowest BCUT2D eigenvalue weighted by Gasteiger charge is -2.07. The predicted molar refractivity (Wildman–Crippen MR) is 83.9 cm³/mol. The van der Waals surface area contributed by atoms with Crippen molar-refractivity contribution < 1.29 is 14.7 Å². The highest BCUT2D eigenvalue weighted by atomic mass is 32.2. The first-order valence-corrected chi connectivity index (χ1v) is 7.36. The first-order valence-electron chi connectivity index (χ1n) is 6.38. The molecule has 0 aliphatic rings. The molecule has 0 aliphatic heterocycles. The molecular formula is C16H15NO3S. The van der Waals surface area contributed by atoms with Crippen LogP contribution in [-0.4, -0.2) is 22.7 Å². The minimum atomic E-state index is -0.983. The van der Waals surface area contributed by atoms with E-state index < -0.39 is 5.97 Å². The van der Waals surface area contributed by atoms with Crippen molar-refractivity contribution in [2.75, 3.05) is 11.1 Å². The molecule has 0 aliphatic carbocycles. The van der Waals surface area contributed by atoms with Crippen LogP contribution in [0.1, 0.15) is 15.9 Å². The van der Waals surface area contributed by atoms with Gasteiger partial charge in [0.1, 0.15) is 0 Å². The standard InChI is InChI=1S/C16H15NO3S/c1-11-4-2-3-5-14(11)21-10-15(18)17-13-8-6-12(7-9-13)16(19)20/h2-9H,10H2,1H3,(H,17,18)(H,19,20). The fourth-order valence-electron chi connectivity index (χ4n) is 1.75. The molecule has 108 valence electrons. The summed E-state index contributed by atoms with van der Waals surface area (Å²) in [5, 5.41) is 11.5. The number of nitrogens with one attached hydrogen (secondary N) is 1. The summed E-state index contributed by atoms with van der Waals surface area (Å²) >= 11 is 1.48. The van der Waals surface area contributed by atoms with Gasteiger partial charge in [-0.1, -0.05) is 18.2 Å². The number of rotatable bonds is 5. The number of aromatic carboxylic acids is 1. The zero-order chi connectivity index (χ0) is 15.2. The van der Waals surface area contributed by atoms with Gasteiger partial charge in [0, 0.05) is 10.6 Å². The summed E-state index contributed by atoms with van der Waals surface area (Å²) in [6, 6.07) is 14.0. The molecule has 0 spiro atoms. The van der Waals surface area contributed by atoms with E-state index in [4.69, 9.17) is 5.11 Å². The monoisotopic (exact) mass is 301 g/mol. The van der Waals surface area contributed by atoms with Gasteiger partial charge in [0.25, 0.3) is 0 Å². The van der Waals surface area contributed by atoms with E-state index in [0.29, 0.717) is 11.4 Å². The fraction of sp³-hybridized carbons (Fsp3) is 0.125. The van der Waals surface area contributed by atoms with Gasteiger partial charge in [-0.3, -0.25) is 4.79 Å². The van der Waals surface area contributed by atoms with E-state index in [1.807, 2.05) is 31.2 Å². The minimum Gasteiger partial charge on any atom is -0.478 e. The van der Waals surface area contributed by atoms with Crippen molar-refractivity contribution in [3.63, 3.8) is 0 Å². The number of amides is 1. The maximum absolute atomic E-state index is 11.9. The van der Waals surface area contributed by atoms with Crippen LogP contribution in [0.3, 0.4) is 0 Å². The third kappa shape index (κ3) is 4.36. The lowest BCUT2D eigenvalue weighted by molar-refractivity contribution is -0.113. The second-order valence-corrected chi connectivity index (χ2v) is 5.50. The van der Waals surface area contributed by atoms with E-state index in [0.717, 1.165) is 10.5 Å². The molecule has 0 saturated carbocycles. The van der Waals surface area contributed by atoms with Gasteiger partial charge in [-0.2, -0.15) is 0 Å². The number of hydrogen-bond donors (Lipinski definition) is 2. The molecule has 1 amide bonds. The smallest absolute Gasteiger partial charge is 0.335 e. The molecule has 2 aromatic rings. The van der Waals surface area contributed by atoms with E-state index in [9.17, 15) is 9.59 Å². The van der Waals surface area contributed by atoms with Crippen LogP contribution >= 0.6 is 11.8 Å². The maximum Gasteiger partial charge on any atom is 0.335 e. The van der Waals surface area contributed by atoms with E-state index in [-0.39, 0.29) is 11.5 Å². The molecule has 0 aromatic heterocycles. The average molecular weight is 301 g/mol. The van der Waals surface area contributed by atoms with Crippen LogP contribution in [0, 0.1) is 6.92 Å². The van der Waals surface area contributed by atoms with Crippen molar-refractivity contribution in [3.8, 4) is 0 Å². The van der Waals surface area contributed by atoms with Crippen LogP contribution < -0.4 is 5.32 Å². The topological polar surface area (TPSA) is 66.4 Å². The average Bonchev–Trinajstić information content (AvgIpc) is 2.47. The van der Waals surface area contributed by atoms with E-state index >= 15 is 0 Å². The molecule has 0 atom stereocenters. The molecule has 5 heteroatoms. The Morgan fingerprint density at radius 1 is 1.10 bits per heavy atom. The number of carboxylic acid groups (broad SMARTS) is 1. The summed E-state index contributed by atoms with van der Waals surface area (Å²) < 4.78 is 0. The minimum absolute atomic E-state index is 0.119. The highest BCUT2D eigenvalue weighted by Crippen LogP contribution is 2.21. The molecule has 0 unspecified atom stereocenters. The summed E-state index contributed by atoms with van der Waals surface area (Å²) in [7, 11) is 0. The number of carbonyl (C=O) groups excluding carboxylic acids is 1. The molecule has 0 bridgehead atoms. The Morgan fingerprint density at radius 2 is 1.76 bits per heavy atom. The number of carbonyl (C=O) groups is 2. The Hall–Kier alpha value is -2.27. The third-order valence-electron chi connectivity index (χ3n) is 2.87. The molecule has 2 N–H and O–H groups in total. The van der Waals surface area contributed by atoms with E-state index in [1.165, 1.54) is 23.9 Å². The normalized spacial score (nSPS) is 10.1. The van der Waals surface area contributed by atoms with Crippen molar-refractivity contribution in [1.29, 1.82) is 0 Å². The summed E-state index contributed by atoms with van der Waals surface area (Å²) in [4.78, 5) is 23.7. The van der Waals surface area contributed by atoms with Crippen LogP contribution in [0.2, 0.25) is 0 Å². The Labute approximate surface area is 127 Å². The molecule has 2 aromatic carbocycles. The maximum atomic E-state index is 11.9. The van der Waals surface area contributed by atoms with Crippen LogP contribution in [0.25, 0.3) is 0 Å². The van der Waals surface area contributed by atoms with Gasteiger partial charge in [-0.05, 0) is 42.8 Å². The first kappa shape index (κ1) is 15.1. The lowest BCUT2D eigenvalue weighted by Crippen LogP contribution is -2.14. The molecule has 4 nitrogen and oxygen atoms in total. The summed E-state index contributed by atoms with van der Waals surface area (Å²) in [5.41, 5.74) is 1.93. The van der Waals surface area contributed by atoms with Gasteiger partial charge in [0.15, 0.2) is 0 Å². The van der Waals surface area contributed by atoms with Crippen LogP contribution in [0.4, 0.5) is 5.69 Å². The number of benzene rings is 2. The number of carboxylic acids is 1. The van der Waals surface area contributed by atoms with Gasteiger partial charge in [0.05, 0.1) is 11.3 Å². The second-order valence-electron chi connectivity index (χ2n) is 4.48. The van der Waals surface area contributed by atoms with Crippen LogP contribution in [-0.2, 0) is 4.79 Å². The molecule has 2 rings (SSSR count). The van der Waals surface area contributed by atoms with Crippen LogP contribution in [0.15, 0.2) is 53.4 Å². The van der Waals surface area contributed by atoms with Gasteiger partial charge in [-0.15, -0.1) is 11.8 Å². The second kappa shape index (κ2) is 6.95. The Bertz CT molecular complexity index is 653. The predicted octanol–water partition coefficient (Wildman–Crippen LogP) is 3.42. The number of hydrogen-bond acceptors (Lipinski definition) is 3. The van der Waals surface area contributed by atoms with Crippen molar-refractivity contribution in [2.24, 2.45) is 0 Å². The van der Waals surface area contributed by atoms with Gasteiger partial charge >= 0.3 is 5.97 Å². The van der Waals surface area contributed by atoms with Crippen molar-refractivity contribution in [2.45, 2.75) is 11.8 Å². The summed E-state index contributed by atoms with van der Waals surface area (Å²) in [6.45, 7) is 2.00. The van der Waals surface area contributed by atoms with E-state index in [1.54, 1.807) is 12.1 Å². The molecule has 0 radical (unpaired) electrons. The quantitative estimate of drug-likeness (QED) is 0.830. The van der Waals surface area contributed by atoms with Gasteiger partial charge < -0.3 is 10.4 Å². The molecule has 0 saturated heterocycles. The van der Waals surface area contributed by atoms with Gasteiger partial charge in [0.2, 0.25) is 5.91 Å². The Balaban J connectivity index is 1.90. The van der Waals surface area contributed by atoms with Crippen molar-refractivity contribution in [3.05, 3.63) is 59.7 Å². The largest absolute Gasteiger partial charge is 0.478 e. The van der Waals surface area contributed by atoms with Crippen molar-refractivity contribution >= 4 is 29.3 Å². The first-order chi connectivity index (χ1) is 10.1. The highest BCUT2D eigenvalue weighted by molar-refractivity contribution is 8.00. The fourth-order valence-corrected chi connectivity index (χ4v) is 2.58. The lowest BCUT2D eigenvalue weighted by atomic mass is 10.2. The SMILES string of the molecule is Cc1ccccc1SCC(=O)Nc1ccc(C(=O)O)cc1. The Kier molecular flexibility index (Phi) is 5.00. The summed E-state index contributed by atoms with van der Waals surface area (Å²) in [6.07, 6.45) is 0. The number of aryl methyl sites for hydroxylation is 1. The Morgan fingerprint density at radius 3 is 2.38 bits per heavy atom. The molecular weight excluding hydrogens is 286 g/mol. The van der Waals surface area contributed by atoms with E-state index in [2.05, 4.69) is 5.32 Å². The summed E-state index contributed by atoms with van der Waals surface area (Å²) in [5.74, 6) is -0.791. The van der Waals surface area contributed by atoms with Crippen LogP contribution in [0.5, 0.6) is 0 Å². The van der Waals surface area contributed by atoms with Gasteiger partial charge in [-0.25, -0.2) is 4.79 Å².